The van der Waals surface area contributed by atoms with Crippen molar-refractivity contribution in [2.45, 2.75) is 18.5 Å². The second-order valence-corrected chi connectivity index (χ2v) is 8.01. The molecule has 1 saturated heterocycles. The van der Waals surface area contributed by atoms with Gasteiger partial charge in [-0.3, -0.25) is 0 Å². The van der Waals surface area contributed by atoms with Crippen LogP contribution in [0.5, 0.6) is 0 Å². The maximum atomic E-state index is 13.4. The maximum Gasteiger partial charge on any atom is 0.322 e. The Labute approximate surface area is 165 Å². The van der Waals surface area contributed by atoms with Gasteiger partial charge in [0.25, 0.3) is 0 Å². The summed E-state index contributed by atoms with van der Waals surface area (Å²) in [5.74, 6) is -0.249. The predicted octanol–water partition coefficient (Wildman–Crippen LogP) is 3.99. The molecule has 0 radical (unpaired) electrons. The molecule has 0 aromatic heterocycles. The minimum absolute atomic E-state index is 0.0343. The zero-order chi connectivity index (χ0) is 19.1. The van der Waals surface area contributed by atoms with Crippen molar-refractivity contribution in [3.8, 4) is 0 Å². The van der Waals surface area contributed by atoms with E-state index in [-0.39, 0.29) is 36.5 Å². The van der Waals surface area contributed by atoms with E-state index >= 15 is 0 Å². The molecule has 2 aliphatic heterocycles. The number of aliphatic hydroxyl groups excluding tert-OH is 1. The zero-order valence-electron chi connectivity index (χ0n) is 14.9. The largest absolute Gasteiger partial charge is 0.394 e. The fourth-order valence-corrected chi connectivity index (χ4v) is 4.79. The fourth-order valence-electron chi connectivity index (χ4n) is 4.41. The van der Waals surface area contributed by atoms with Crippen molar-refractivity contribution < 1.29 is 14.3 Å². The van der Waals surface area contributed by atoms with E-state index in [2.05, 4.69) is 26.1 Å². The predicted molar refractivity (Wildman–Crippen MR) is 106 cm³/mol. The van der Waals surface area contributed by atoms with E-state index in [0.717, 1.165) is 22.1 Å². The third kappa shape index (κ3) is 3.19. The SMILES string of the molecule is CN1c2ccc(Br)cc2[C@@H]2[C@@H](CCN2C(=O)Nc2cccc(F)c2)[C@@H]1CO. The molecular formula is C20H21BrFN3O2. The summed E-state index contributed by atoms with van der Waals surface area (Å²) in [6.07, 6.45) is 0.808. The first-order chi connectivity index (χ1) is 13.0. The van der Waals surface area contributed by atoms with Crippen LogP contribution in [0.3, 0.4) is 0 Å². The zero-order valence-corrected chi connectivity index (χ0v) is 16.5. The van der Waals surface area contributed by atoms with Gasteiger partial charge in [-0.25, -0.2) is 9.18 Å². The molecule has 2 aromatic rings. The number of rotatable bonds is 2. The molecule has 2 aromatic carbocycles. The molecule has 0 saturated carbocycles. The summed E-state index contributed by atoms with van der Waals surface area (Å²) in [4.78, 5) is 16.9. The van der Waals surface area contributed by atoms with Gasteiger partial charge < -0.3 is 20.2 Å². The Morgan fingerprint density at radius 2 is 2.15 bits per heavy atom. The lowest BCUT2D eigenvalue weighted by Crippen LogP contribution is -2.48. The fraction of sp³-hybridized carbons (Fsp3) is 0.350. The number of amides is 2. The third-order valence-electron chi connectivity index (χ3n) is 5.65. The molecule has 2 aliphatic rings. The monoisotopic (exact) mass is 433 g/mol. The number of halogens is 2. The molecule has 3 atom stereocenters. The van der Waals surface area contributed by atoms with Gasteiger partial charge in [0.1, 0.15) is 5.82 Å². The Balaban J connectivity index is 1.68. The molecule has 1 fully saturated rings. The molecule has 4 rings (SSSR count). The summed E-state index contributed by atoms with van der Waals surface area (Å²) in [7, 11) is 1.99. The number of benzene rings is 2. The van der Waals surface area contributed by atoms with Crippen LogP contribution in [0.2, 0.25) is 0 Å². The van der Waals surface area contributed by atoms with E-state index < -0.39 is 0 Å². The van der Waals surface area contributed by atoms with E-state index in [1.165, 1.54) is 12.1 Å². The molecule has 0 unspecified atom stereocenters. The number of carbonyl (C=O) groups excluding carboxylic acids is 1. The van der Waals surface area contributed by atoms with Gasteiger partial charge in [-0.1, -0.05) is 22.0 Å². The summed E-state index contributed by atoms with van der Waals surface area (Å²) in [5.41, 5.74) is 2.52. The topological polar surface area (TPSA) is 55.8 Å². The lowest BCUT2D eigenvalue weighted by Gasteiger charge is -2.44. The summed E-state index contributed by atoms with van der Waals surface area (Å²) in [6.45, 7) is 0.624. The second-order valence-electron chi connectivity index (χ2n) is 7.10. The van der Waals surface area contributed by atoms with E-state index in [9.17, 15) is 14.3 Å². The average Bonchev–Trinajstić information content (AvgIpc) is 3.07. The average molecular weight is 434 g/mol. The number of nitrogens with one attached hydrogen (secondary N) is 1. The van der Waals surface area contributed by atoms with Crippen LogP contribution in [-0.2, 0) is 0 Å². The van der Waals surface area contributed by atoms with E-state index in [1.54, 1.807) is 17.0 Å². The van der Waals surface area contributed by atoms with Crippen LogP contribution >= 0.6 is 15.9 Å². The highest BCUT2D eigenvalue weighted by Crippen LogP contribution is 2.49. The van der Waals surface area contributed by atoms with Crippen LogP contribution < -0.4 is 10.2 Å². The van der Waals surface area contributed by atoms with Crippen molar-refractivity contribution in [1.29, 1.82) is 0 Å². The first kappa shape index (κ1) is 18.3. The molecule has 142 valence electrons. The van der Waals surface area contributed by atoms with Gasteiger partial charge in [-0.2, -0.15) is 0 Å². The Morgan fingerprint density at radius 3 is 2.89 bits per heavy atom. The van der Waals surface area contributed by atoms with Crippen LogP contribution in [-0.4, -0.2) is 42.3 Å². The number of anilines is 2. The third-order valence-corrected chi connectivity index (χ3v) is 6.14. The van der Waals surface area contributed by atoms with Crippen LogP contribution in [0, 0.1) is 11.7 Å². The Bertz CT molecular complexity index is 878. The smallest absolute Gasteiger partial charge is 0.322 e. The van der Waals surface area contributed by atoms with Gasteiger partial charge in [-0.05, 0) is 48.4 Å². The van der Waals surface area contributed by atoms with Gasteiger partial charge in [0.2, 0.25) is 0 Å². The van der Waals surface area contributed by atoms with Crippen molar-refractivity contribution in [2.24, 2.45) is 5.92 Å². The molecular weight excluding hydrogens is 413 g/mol. The van der Waals surface area contributed by atoms with E-state index in [1.807, 2.05) is 25.2 Å². The number of likely N-dealkylation sites (N-methyl/N-ethyl adjacent to an activating group) is 1. The number of urea groups is 1. The molecule has 0 bridgehead atoms. The first-order valence-corrected chi connectivity index (χ1v) is 9.75. The molecule has 0 aliphatic carbocycles. The van der Waals surface area contributed by atoms with Gasteiger partial charge in [0.05, 0.1) is 18.7 Å². The highest BCUT2D eigenvalue weighted by Gasteiger charge is 2.47. The van der Waals surface area contributed by atoms with Crippen molar-refractivity contribution >= 4 is 33.3 Å². The summed E-state index contributed by atoms with van der Waals surface area (Å²) in [5, 5.41) is 12.8. The molecule has 0 spiro atoms. The van der Waals surface area contributed by atoms with Crippen molar-refractivity contribution in [1.82, 2.24) is 4.90 Å². The molecule has 5 nitrogen and oxygen atoms in total. The van der Waals surface area contributed by atoms with Crippen molar-refractivity contribution in [3.63, 3.8) is 0 Å². The molecule has 7 heteroatoms. The second kappa shape index (κ2) is 7.13. The maximum absolute atomic E-state index is 13.4. The standard InChI is InChI=1S/C20H21BrFN3O2/c1-24-17-6-5-12(21)9-16(17)19-15(18(24)11-26)7-8-25(19)20(27)23-14-4-2-3-13(22)10-14/h2-6,9-10,15,18-19,26H,7-8,11H2,1H3,(H,23,27)/t15-,18-,19-/m0/s1. The molecule has 2 N–H and O–H groups in total. The Morgan fingerprint density at radius 1 is 1.33 bits per heavy atom. The van der Waals surface area contributed by atoms with Gasteiger partial charge in [0.15, 0.2) is 0 Å². The van der Waals surface area contributed by atoms with Crippen LogP contribution in [0.25, 0.3) is 0 Å². The number of nitrogens with zero attached hydrogens (tertiary/aromatic N) is 2. The minimum Gasteiger partial charge on any atom is -0.394 e. The molecule has 2 amide bonds. The van der Waals surface area contributed by atoms with Crippen LogP contribution in [0.15, 0.2) is 46.9 Å². The van der Waals surface area contributed by atoms with Crippen LogP contribution in [0.1, 0.15) is 18.0 Å². The van der Waals surface area contributed by atoms with E-state index in [0.29, 0.717) is 12.2 Å². The number of hydrogen-bond donors (Lipinski definition) is 2. The first-order valence-electron chi connectivity index (χ1n) is 8.96. The van der Waals surface area contributed by atoms with Crippen molar-refractivity contribution in [2.75, 3.05) is 30.4 Å². The van der Waals surface area contributed by atoms with Crippen LogP contribution in [0.4, 0.5) is 20.6 Å². The van der Waals surface area contributed by atoms with Gasteiger partial charge in [-0.15, -0.1) is 0 Å². The highest BCUT2D eigenvalue weighted by atomic mass is 79.9. The van der Waals surface area contributed by atoms with Gasteiger partial charge >= 0.3 is 6.03 Å². The van der Waals surface area contributed by atoms with Gasteiger partial charge in [0, 0.05) is 35.4 Å². The highest BCUT2D eigenvalue weighted by molar-refractivity contribution is 9.10. The molecule has 2 heterocycles. The Hall–Kier alpha value is -2.12. The number of fused-ring (bicyclic) bond motifs is 3. The number of likely N-dealkylation sites (tertiary alicyclic amines) is 1. The van der Waals surface area contributed by atoms with E-state index in [4.69, 9.17) is 0 Å². The summed E-state index contributed by atoms with van der Waals surface area (Å²) >= 11 is 3.53. The summed E-state index contributed by atoms with van der Waals surface area (Å²) in [6, 6.07) is 11.5. The summed E-state index contributed by atoms with van der Waals surface area (Å²) < 4.78 is 14.4. The number of carbonyl (C=O) groups is 1. The normalized spacial score (nSPS) is 23.8. The lowest BCUT2D eigenvalue weighted by molar-refractivity contribution is 0.168. The number of aliphatic hydroxyl groups is 1. The number of hydrogen-bond acceptors (Lipinski definition) is 3. The quantitative estimate of drug-likeness (QED) is 0.752. The lowest BCUT2D eigenvalue weighted by atomic mass is 9.82. The van der Waals surface area contributed by atoms with Crippen molar-refractivity contribution in [3.05, 3.63) is 58.3 Å². The molecule has 27 heavy (non-hydrogen) atoms. The minimum atomic E-state index is -0.388. The Kier molecular flexibility index (Phi) is 4.82.